The fraction of sp³-hybridized carbons (Fsp3) is 0.435. The van der Waals surface area contributed by atoms with Crippen LogP contribution in [0.15, 0.2) is 36.5 Å². The molecule has 158 valence electrons. The van der Waals surface area contributed by atoms with E-state index in [0.29, 0.717) is 34.7 Å². The normalized spacial score (nSPS) is 14.5. The van der Waals surface area contributed by atoms with E-state index in [-0.39, 0.29) is 5.91 Å². The summed E-state index contributed by atoms with van der Waals surface area (Å²) < 4.78 is 2.27. The first kappa shape index (κ1) is 21.1. The average Bonchev–Trinajstić information content (AvgIpc) is 3.39. The van der Waals surface area contributed by atoms with Gasteiger partial charge in [-0.15, -0.1) is 0 Å². The predicted octanol–water partition coefficient (Wildman–Crippen LogP) is 6.30. The van der Waals surface area contributed by atoms with Gasteiger partial charge in [0, 0.05) is 24.3 Å². The number of rotatable bonds is 7. The topological polar surface area (TPSA) is 51.0 Å². The summed E-state index contributed by atoms with van der Waals surface area (Å²) in [6.45, 7) is 3.24. The van der Waals surface area contributed by atoms with Gasteiger partial charge in [-0.05, 0) is 49.6 Å². The first-order valence-corrected chi connectivity index (χ1v) is 11.4. The molecule has 3 aromatic rings. The maximum absolute atomic E-state index is 13.3. The van der Waals surface area contributed by atoms with Crippen molar-refractivity contribution in [2.45, 2.75) is 58.0 Å². The van der Waals surface area contributed by atoms with Crippen LogP contribution in [-0.2, 0) is 6.54 Å². The number of unbranched alkanes of at least 4 members (excludes halogenated alkanes) is 1. The van der Waals surface area contributed by atoms with E-state index in [9.17, 15) is 4.79 Å². The molecule has 0 unspecified atom stereocenters. The summed E-state index contributed by atoms with van der Waals surface area (Å²) in [5, 5.41) is 0.836. The molecule has 1 amide bonds. The molecule has 0 spiro atoms. The number of pyridine rings is 1. The van der Waals surface area contributed by atoms with E-state index in [0.717, 1.165) is 42.7 Å². The number of amides is 1. The van der Waals surface area contributed by atoms with Crippen LogP contribution in [0.25, 0.3) is 11.2 Å². The number of imidazole rings is 1. The van der Waals surface area contributed by atoms with Crippen LogP contribution >= 0.6 is 23.2 Å². The van der Waals surface area contributed by atoms with Crippen molar-refractivity contribution in [3.63, 3.8) is 0 Å². The molecule has 1 aromatic carbocycles. The summed E-state index contributed by atoms with van der Waals surface area (Å²) in [5.74, 6) is 0.847. The average molecular weight is 445 g/mol. The van der Waals surface area contributed by atoms with E-state index in [1.54, 1.807) is 18.2 Å². The molecule has 4 rings (SSSR count). The van der Waals surface area contributed by atoms with Gasteiger partial charge in [0.25, 0.3) is 5.91 Å². The van der Waals surface area contributed by atoms with Crippen LogP contribution in [0.4, 0.5) is 0 Å². The van der Waals surface area contributed by atoms with E-state index < -0.39 is 0 Å². The lowest BCUT2D eigenvalue weighted by Crippen LogP contribution is -2.33. The smallest absolute Gasteiger partial charge is 0.254 e. The van der Waals surface area contributed by atoms with Gasteiger partial charge in [-0.25, -0.2) is 9.97 Å². The quantitative estimate of drug-likeness (QED) is 0.429. The molecule has 0 radical (unpaired) electrons. The number of carbonyl (C=O) groups is 1. The Bertz CT molecular complexity index is 1040. The Morgan fingerprint density at radius 3 is 2.73 bits per heavy atom. The molecule has 30 heavy (non-hydrogen) atoms. The number of hydrogen-bond donors (Lipinski definition) is 0. The Morgan fingerprint density at radius 2 is 2.00 bits per heavy atom. The van der Waals surface area contributed by atoms with E-state index >= 15 is 0 Å². The molecule has 0 aliphatic heterocycles. The van der Waals surface area contributed by atoms with Crippen LogP contribution < -0.4 is 0 Å². The molecule has 0 atom stereocenters. The number of benzene rings is 1. The number of fused-ring (bicyclic) bond motifs is 1. The van der Waals surface area contributed by atoms with Crippen molar-refractivity contribution in [1.29, 1.82) is 0 Å². The maximum Gasteiger partial charge on any atom is 0.254 e. The van der Waals surface area contributed by atoms with E-state index in [2.05, 4.69) is 16.5 Å². The minimum Gasteiger partial charge on any atom is -0.331 e. The minimum absolute atomic E-state index is 0.0556. The van der Waals surface area contributed by atoms with Crippen LogP contribution in [0.5, 0.6) is 0 Å². The van der Waals surface area contributed by atoms with Gasteiger partial charge < -0.3 is 9.47 Å². The molecule has 2 heterocycles. The van der Waals surface area contributed by atoms with Crippen molar-refractivity contribution in [3.8, 4) is 0 Å². The number of nitrogens with zero attached hydrogens (tertiary/aromatic N) is 4. The van der Waals surface area contributed by atoms with Gasteiger partial charge in [-0.1, -0.05) is 49.4 Å². The van der Waals surface area contributed by atoms with Gasteiger partial charge >= 0.3 is 0 Å². The Balaban J connectivity index is 1.69. The molecule has 7 heteroatoms. The van der Waals surface area contributed by atoms with Crippen LogP contribution in [0.2, 0.25) is 10.0 Å². The highest BCUT2D eigenvalue weighted by atomic mass is 35.5. The van der Waals surface area contributed by atoms with Crippen molar-refractivity contribution in [2.24, 2.45) is 0 Å². The molecule has 1 saturated carbocycles. The monoisotopic (exact) mass is 444 g/mol. The lowest BCUT2D eigenvalue weighted by atomic mass is 10.2. The molecular formula is C23H26Cl2N4O. The van der Waals surface area contributed by atoms with Gasteiger partial charge in [-0.3, -0.25) is 4.79 Å². The first-order chi connectivity index (χ1) is 14.6. The molecule has 0 bridgehead atoms. The maximum atomic E-state index is 13.3. The fourth-order valence-electron chi connectivity index (χ4n) is 4.22. The zero-order valence-electron chi connectivity index (χ0n) is 17.2. The van der Waals surface area contributed by atoms with Gasteiger partial charge in [0.2, 0.25) is 0 Å². The molecular weight excluding hydrogens is 419 g/mol. The molecule has 1 fully saturated rings. The molecule has 2 aromatic heterocycles. The summed E-state index contributed by atoms with van der Waals surface area (Å²) in [6, 6.07) is 9.35. The largest absolute Gasteiger partial charge is 0.331 e. The SMILES string of the molecule is CCCCN(Cc1nc2cccnc2n1C1CCCC1)C(=O)c1ccc(Cl)c(Cl)c1. The standard InChI is InChI=1S/C23H26Cl2N4O/c1-2-3-13-28(23(30)16-10-11-18(24)19(25)14-16)15-21-27-20-9-6-12-26-22(20)29(21)17-7-4-5-8-17/h6,9-12,14,17H,2-5,7-8,13,15H2,1H3. The van der Waals surface area contributed by atoms with E-state index in [1.807, 2.05) is 23.2 Å². The first-order valence-electron chi connectivity index (χ1n) is 10.6. The number of carbonyl (C=O) groups excluding carboxylic acids is 1. The second-order valence-corrected chi connectivity index (χ2v) is 8.71. The second kappa shape index (κ2) is 9.36. The molecule has 5 nitrogen and oxygen atoms in total. The van der Waals surface area contributed by atoms with Gasteiger partial charge in [-0.2, -0.15) is 0 Å². The van der Waals surface area contributed by atoms with Crippen LogP contribution in [-0.4, -0.2) is 31.9 Å². The Kier molecular flexibility index (Phi) is 6.59. The Morgan fingerprint density at radius 1 is 1.20 bits per heavy atom. The number of aromatic nitrogens is 3. The summed E-state index contributed by atoms with van der Waals surface area (Å²) in [7, 11) is 0. The van der Waals surface area contributed by atoms with Crippen LogP contribution in [0.1, 0.15) is 67.7 Å². The van der Waals surface area contributed by atoms with Crippen molar-refractivity contribution in [3.05, 3.63) is 58.0 Å². The Labute approximate surface area is 187 Å². The van der Waals surface area contributed by atoms with E-state index in [1.165, 1.54) is 12.8 Å². The highest BCUT2D eigenvalue weighted by Crippen LogP contribution is 2.33. The lowest BCUT2D eigenvalue weighted by molar-refractivity contribution is 0.0734. The highest BCUT2D eigenvalue weighted by Gasteiger charge is 2.26. The predicted molar refractivity (Wildman–Crippen MR) is 121 cm³/mol. The highest BCUT2D eigenvalue weighted by molar-refractivity contribution is 6.42. The summed E-state index contributed by atoms with van der Waals surface area (Å²) in [5.41, 5.74) is 2.34. The molecule has 0 saturated heterocycles. The third kappa shape index (κ3) is 4.33. The lowest BCUT2D eigenvalue weighted by Gasteiger charge is -2.24. The van der Waals surface area contributed by atoms with Gasteiger partial charge in [0.1, 0.15) is 11.3 Å². The van der Waals surface area contributed by atoms with Crippen molar-refractivity contribution in [1.82, 2.24) is 19.4 Å². The summed E-state index contributed by atoms with van der Waals surface area (Å²) in [6.07, 6.45) is 8.45. The molecule has 1 aliphatic carbocycles. The zero-order valence-corrected chi connectivity index (χ0v) is 18.7. The van der Waals surface area contributed by atoms with Crippen molar-refractivity contribution < 1.29 is 4.79 Å². The second-order valence-electron chi connectivity index (χ2n) is 7.89. The fourth-order valence-corrected chi connectivity index (χ4v) is 4.52. The van der Waals surface area contributed by atoms with Crippen LogP contribution in [0, 0.1) is 0 Å². The molecule has 1 aliphatic rings. The third-order valence-electron chi connectivity index (χ3n) is 5.78. The number of hydrogen-bond acceptors (Lipinski definition) is 3. The summed E-state index contributed by atoms with van der Waals surface area (Å²) in [4.78, 5) is 24.7. The van der Waals surface area contributed by atoms with E-state index in [4.69, 9.17) is 28.2 Å². The van der Waals surface area contributed by atoms with Crippen molar-refractivity contribution in [2.75, 3.05) is 6.54 Å². The number of halogens is 2. The Hall–Kier alpha value is -2.11. The third-order valence-corrected chi connectivity index (χ3v) is 6.52. The zero-order chi connectivity index (χ0) is 21.1. The van der Waals surface area contributed by atoms with Crippen LogP contribution in [0.3, 0.4) is 0 Å². The van der Waals surface area contributed by atoms with Gasteiger partial charge in [0.05, 0.1) is 16.6 Å². The van der Waals surface area contributed by atoms with Crippen molar-refractivity contribution >= 4 is 40.3 Å². The minimum atomic E-state index is -0.0556. The van der Waals surface area contributed by atoms with Gasteiger partial charge in [0.15, 0.2) is 5.65 Å². The molecule has 0 N–H and O–H groups in total. The summed E-state index contributed by atoms with van der Waals surface area (Å²) >= 11 is 12.2.